The van der Waals surface area contributed by atoms with Gasteiger partial charge in [0.2, 0.25) is 5.91 Å². The van der Waals surface area contributed by atoms with Gasteiger partial charge in [0.1, 0.15) is 5.82 Å². The fourth-order valence-electron chi connectivity index (χ4n) is 4.91. The fourth-order valence-corrected chi connectivity index (χ4v) is 4.91. The van der Waals surface area contributed by atoms with Crippen molar-refractivity contribution in [1.29, 1.82) is 0 Å². The Morgan fingerprint density at radius 2 is 2.03 bits per heavy atom. The van der Waals surface area contributed by atoms with Crippen LogP contribution in [-0.2, 0) is 14.3 Å². The number of benzene rings is 1. The lowest BCUT2D eigenvalue weighted by Gasteiger charge is -2.44. The molecule has 2 aliphatic rings. The van der Waals surface area contributed by atoms with Crippen LogP contribution < -0.4 is 10.2 Å². The van der Waals surface area contributed by atoms with Gasteiger partial charge in [0.25, 0.3) is 0 Å². The number of anilines is 1. The van der Waals surface area contributed by atoms with Crippen molar-refractivity contribution in [3.8, 4) is 0 Å². The average Bonchev–Trinajstić information content (AvgIpc) is 2.73. The standard InChI is InChI=1S/C24H31N3O4/c1-15-5-4-6-16-7-8-20(26-21(15)16)27-10-9-19(24(2,3)14-27)22(28)25-18-11-17(23(29)30)12-31-13-18/h4-8,17-19H,9-14H2,1-3H3,(H,25,28)(H,29,30)/t17-,18-,19+/m0/s1. The Bertz CT molecular complexity index is 990. The first kappa shape index (κ1) is 21.6. The lowest BCUT2D eigenvalue weighted by molar-refractivity contribution is -0.148. The number of carbonyl (C=O) groups excluding carboxylic acids is 1. The maximum atomic E-state index is 13.1. The monoisotopic (exact) mass is 425 g/mol. The van der Waals surface area contributed by atoms with Crippen LogP contribution in [0.25, 0.3) is 10.9 Å². The van der Waals surface area contributed by atoms with Gasteiger partial charge in [-0.3, -0.25) is 9.59 Å². The number of nitrogens with zero attached hydrogens (tertiary/aromatic N) is 2. The normalized spacial score (nSPS) is 25.9. The summed E-state index contributed by atoms with van der Waals surface area (Å²) in [6.45, 7) is 8.38. The van der Waals surface area contributed by atoms with Crippen molar-refractivity contribution in [2.75, 3.05) is 31.2 Å². The molecular formula is C24H31N3O4. The van der Waals surface area contributed by atoms with Crippen LogP contribution in [0, 0.1) is 24.2 Å². The molecule has 3 atom stereocenters. The number of aryl methyl sites for hydroxylation is 1. The number of carbonyl (C=O) groups is 2. The van der Waals surface area contributed by atoms with E-state index in [4.69, 9.17) is 9.72 Å². The summed E-state index contributed by atoms with van der Waals surface area (Å²) in [5, 5.41) is 13.4. The van der Waals surface area contributed by atoms with Crippen LogP contribution in [0.2, 0.25) is 0 Å². The van der Waals surface area contributed by atoms with Crippen molar-refractivity contribution in [3.05, 3.63) is 35.9 Å². The van der Waals surface area contributed by atoms with Crippen LogP contribution in [-0.4, -0.2) is 54.3 Å². The number of aliphatic carboxylic acids is 1. The van der Waals surface area contributed by atoms with E-state index in [1.807, 2.05) is 6.07 Å². The molecule has 2 saturated heterocycles. The molecule has 2 fully saturated rings. The maximum absolute atomic E-state index is 13.1. The molecular weight excluding hydrogens is 394 g/mol. The fraction of sp³-hybridized carbons (Fsp3) is 0.542. The zero-order valence-corrected chi connectivity index (χ0v) is 18.4. The third-order valence-corrected chi connectivity index (χ3v) is 6.68. The maximum Gasteiger partial charge on any atom is 0.308 e. The van der Waals surface area contributed by atoms with Gasteiger partial charge in [-0.05, 0) is 42.9 Å². The Hall–Kier alpha value is -2.67. The molecule has 166 valence electrons. The highest BCUT2D eigenvalue weighted by Gasteiger charge is 2.41. The Labute approximate surface area is 182 Å². The van der Waals surface area contributed by atoms with E-state index >= 15 is 0 Å². The van der Waals surface area contributed by atoms with E-state index < -0.39 is 11.9 Å². The molecule has 2 aliphatic heterocycles. The largest absolute Gasteiger partial charge is 0.481 e. The molecule has 1 aromatic carbocycles. The van der Waals surface area contributed by atoms with Crippen molar-refractivity contribution in [2.24, 2.45) is 17.3 Å². The second-order valence-electron chi connectivity index (χ2n) is 9.58. The Kier molecular flexibility index (Phi) is 5.88. The average molecular weight is 426 g/mol. The summed E-state index contributed by atoms with van der Waals surface area (Å²) in [6, 6.07) is 10.1. The molecule has 4 rings (SSSR count). The number of carboxylic acids is 1. The van der Waals surface area contributed by atoms with E-state index in [2.05, 4.69) is 55.3 Å². The molecule has 0 unspecified atom stereocenters. The molecule has 31 heavy (non-hydrogen) atoms. The van der Waals surface area contributed by atoms with Crippen molar-refractivity contribution in [1.82, 2.24) is 10.3 Å². The molecule has 3 heterocycles. The van der Waals surface area contributed by atoms with E-state index in [0.717, 1.165) is 41.8 Å². The zero-order chi connectivity index (χ0) is 22.2. The van der Waals surface area contributed by atoms with E-state index in [-0.39, 0.29) is 29.9 Å². The molecule has 1 amide bonds. The van der Waals surface area contributed by atoms with Gasteiger partial charge in [0, 0.05) is 24.4 Å². The lowest BCUT2D eigenvalue weighted by atomic mass is 9.73. The molecule has 7 heteroatoms. The highest BCUT2D eigenvalue weighted by Crippen LogP contribution is 2.37. The first-order chi connectivity index (χ1) is 14.7. The van der Waals surface area contributed by atoms with E-state index in [1.165, 1.54) is 0 Å². The quantitative estimate of drug-likeness (QED) is 0.783. The Morgan fingerprint density at radius 1 is 1.23 bits per heavy atom. The van der Waals surface area contributed by atoms with Crippen LogP contribution in [0.3, 0.4) is 0 Å². The highest BCUT2D eigenvalue weighted by atomic mass is 16.5. The van der Waals surface area contributed by atoms with Crippen molar-refractivity contribution >= 4 is 28.6 Å². The van der Waals surface area contributed by atoms with Crippen LogP contribution in [0.1, 0.15) is 32.3 Å². The van der Waals surface area contributed by atoms with E-state index in [0.29, 0.717) is 13.0 Å². The molecule has 2 N–H and O–H groups in total. The highest BCUT2D eigenvalue weighted by molar-refractivity contribution is 5.83. The van der Waals surface area contributed by atoms with Gasteiger partial charge in [0.15, 0.2) is 0 Å². The van der Waals surface area contributed by atoms with Gasteiger partial charge in [0.05, 0.1) is 30.7 Å². The zero-order valence-electron chi connectivity index (χ0n) is 18.4. The number of para-hydroxylation sites is 1. The van der Waals surface area contributed by atoms with Crippen LogP contribution in [0.4, 0.5) is 5.82 Å². The second kappa shape index (κ2) is 8.46. The molecule has 2 aromatic rings. The summed E-state index contributed by atoms with van der Waals surface area (Å²) in [4.78, 5) is 31.5. The van der Waals surface area contributed by atoms with E-state index in [1.54, 1.807) is 0 Å². The second-order valence-corrected chi connectivity index (χ2v) is 9.58. The van der Waals surface area contributed by atoms with Crippen molar-refractivity contribution < 1.29 is 19.4 Å². The minimum Gasteiger partial charge on any atom is -0.481 e. The molecule has 0 bridgehead atoms. The van der Waals surface area contributed by atoms with Crippen molar-refractivity contribution in [2.45, 2.75) is 39.7 Å². The third-order valence-electron chi connectivity index (χ3n) is 6.68. The Balaban J connectivity index is 1.44. The topological polar surface area (TPSA) is 91.8 Å². The number of amides is 1. The van der Waals surface area contributed by atoms with Gasteiger partial charge < -0.3 is 20.1 Å². The first-order valence-electron chi connectivity index (χ1n) is 11.0. The number of nitrogens with one attached hydrogen (secondary N) is 1. The predicted molar refractivity (Wildman–Crippen MR) is 119 cm³/mol. The van der Waals surface area contributed by atoms with Crippen LogP contribution in [0.5, 0.6) is 0 Å². The lowest BCUT2D eigenvalue weighted by Crippen LogP contribution is -2.54. The van der Waals surface area contributed by atoms with Gasteiger partial charge in [-0.15, -0.1) is 0 Å². The molecule has 0 radical (unpaired) electrons. The van der Waals surface area contributed by atoms with Gasteiger partial charge in [-0.25, -0.2) is 4.98 Å². The van der Waals surface area contributed by atoms with Crippen molar-refractivity contribution in [3.63, 3.8) is 0 Å². The van der Waals surface area contributed by atoms with Crippen LogP contribution >= 0.6 is 0 Å². The number of fused-ring (bicyclic) bond motifs is 1. The van der Waals surface area contributed by atoms with E-state index in [9.17, 15) is 14.7 Å². The number of ether oxygens (including phenoxy) is 1. The molecule has 0 spiro atoms. The summed E-state index contributed by atoms with van der Waals surface area (Å²) >= 11 is 0. The van der Waals surface area contributed by atoms with Crippen LogP contribution in [0.15, 0.2) is 30.3 Å². The van der Waals surface area contributed by atoms with Gasteiger partial charge >= 0.3 is 5.97 Å². The third kappa shape index (κ3) is 4.51. The Morgan fingerprint density at radius 3 is 2.77 bits per heavy atom. The minimum atomic E-state index is -0.870. The SMILES string of the molecule is Cc1cccc2ccc(N3CC[C@H](C(=O)N[C@@H]4COC[C@@H](C(=O)O)C4)C(C)(C)C3)nc12. The molecule has 0 aliphatic carbocycles. The molecule has 1 aromatic heterocycles. The summed E-state index contributed by atoms with van der Waals surface area (Å²) < 4.78 is 5.40. The summed E-state index contributed by atoms with van der Waals surface area (Å²) in [5.41, 5.74) is 1.93. The van der Waals surface area contributed by atoms with Gasteiger partial charge in [-0.2, -0.15) is 0 Å². The molecule has 7 nitrogen and oxygen atoms in total. The van der Waals surface area contributed by atoms with Gasteiger partial charge in [-0.1, -0.05) is 32.0 Å². The number of hydrogen-bond donors (Lipinski definition) is 2. The summed E-state index contributed by atoms with van der Waals surface area (Å²) in [7, 11) is 0. The number of rotatable bonds is 4. The number of carboxylic acid groups (broad SMARTS) is 1. The first-order valence-corrected chi connectivity index (χ1v) is 11.0. The number of pyridine rings is 1. The summed E-state index contributed by atoms with van der Waals surface area (Å²) in [5.74, 6) is -0.636. The number of hydrogen-bond acceptors (Lipinski definition) is 5. The predicted octanol–water partition coefficient (Wildman–Crippen LogP) is 3.00. The molecule has 0 saturated carbocycles. The smallest absolute Gasteiger partial charge is 0.308 e. The number of piperidine rings is 1. The number of aromatic nitrogens is 1. The summed E-state index contributed by atoms with van der Waals surface area (Å²) in [6.07, 6.45) is 1.14. The minimum absolute atomic E-state index is 0.00777.